The molecular weight excluding hydrogens is 262 g/mol. The van der Waals surface area contributed by atoms with Crippen LogP contribution in [0, 0.1) is 0 Å². The first-order chi connectivity index (χ1) is 0. The number of hydrogen-bond acceptors (Lipinski definition) is 0. The van der Waals surface area contributed by atoms with E-state index in [1.54, 1.807) is 0 Å². The molecule has 0 N–H and O–H groups in total. The van der Waals surface area contributed by atoms with Gasteiger partial charge < -0.3 is 2.85 Å². The Kier molecular flexibility index (Phi) is 814. The van der Waals surface area contributed by atoms with E-state index in [4.69, 9.17) is 0 Å². The molecule has 7 heavy (non-hydrogen) atoms. The molecule has 0 rings (SSSR count). The molecule has 0 saturated heterocycles. The van der Waals surface area contributed by atoms with Crippen LogP contribution in [-0.4, -0.2) is 0 Å². The summed E-state index contributed by atoms with van der Waals surface area (Å²) in [6.07, 6.45) is 0. The Balaban J connectivity index is 0. The second-order valence-electron chi connectivity index (χ2n) is 0. The summed E-state index contributed by atoms with van der Waals surface area (Å²) in [6.45, 7) is 0. The Morgan fingerprint density at radius 2 is 0.571 bits per heavy atom. The summed E-state index contributed by atoms with van der Waals surface area (Å²) in [5.41, 5.74) is 0. The van der Waals surface area contributed by atoms with Gasteiger partial charge in [-0.25, -0.2) is 0 Å². The second kappa shape index (κ2) is 63.7. The molecule has 0 atom stereocenters. The van der Waals surface area contributed by atoms with Crippen LogP contribution >= 0.6 is 49.6 Å². The molecule has 0 spiro atoms. The van der Waals surface area contributed by atoms with Gasteiger partial charge in [-0.15, -0.1) is 49.6 Å². The fourth-order valence-electron chi connectivity index (χ4n) is 0. The van der Waals surface area contributed by atoms with E-state index in [2.05, 4.69) is 0 Å². The van der Waals surface area contributed by atoms with Crippen LogP contribution in [0.3, 0.4) is 0 Å². The van der Waals surface area contributed by atoms with Crippen LogP contribution < -0.4 is 37.7 Å². The first-order valence-electron chi connectivity index (χ1n) is 0. The van der Waals surface area contributed by atoms with Crippen LogP contribution in [0.15, 0.2) is 0 Å². The molecule has 0 unspecified atom stereocenters. The van der Waals surface area contributed by atoms with Crippen molar-refractivity contribution >= 4 is 49.6 Å². The van der Waals surface area contributed by atoms with Gasteiger partial charge in [0.25, 0.3) is 0 Å². The van der Waals surface area contributed by atoms with Gasteiger partial charge in [0, 0.05) is 20.4 Å². The van der Waals surface area contributed by atoms with E-state index >= 15 is 0 Å². The molecule has 0 nitrogen and oxygen atoms in total. The molecule has 0 aromatic heterocycles. The van der Waals surface area contributed by atoms with E-state index in [9.17, 15) is 0 Å². The van der Waals surface area contributed by atoms with Crippen LogP contribution in [0.1, 0.15) is 2.85 Å². The normalized spacial score (nSPS) is 0. The van der Waals surface area contributed by atoms with E-state index in [-0.39, 0.29) is 111 Å². The minimum atomic E-state index is 0. The molecule has 0 saturated carbocycles. The van der Waals surface area contributed by atoms with Crippen molar-refractivity contribution in [3.05, 3.63) is 0 Å². The van der Waals surface area contributed by atoms with Crippen molar-refractivity contribution in [2.75, 3.05) is 0 Å². The SMILES string of the molecule is Cl.Cl.Cl.Cl.[H-].[H-].[Li+].[Li+].[Pd]. The fourth-order valence-corrected chi connectivity index (χ4v) is 0. The molecule has 0 aromatic rings. The summed E-state index contributed by atoms with van der Waals surface area (Å²) < 4.78 is 0. The zero-order chi connectivity index (χ0) is 0. The predicted molar refractivity (Wildman–Crippen MR) is 31.2 cm³/mol. The molecule has 0 aliphatic carbocycles. The number of rotatable bonds is 0. The van der Waals surface area contributed by atoms with Crippen LogP contribution in [0.4, 0.5) is 0 Å². The van der Waals surface area contributed by atoms with E-state index in [1.807, 2.05) is 0 Å². The smallest absolute Gasteiger partial charge is 1.00 e. The second-order valence-corrected chi connectivity index (χ2v) is 0. The zero-order valence-corrected chi connectivity index (χ0v) is 8.77. The summed E-state index contributed by atoms with van der Waals surface area (Å²) in [5, 5.41) is 0. The van der Waals surface area contributed by atoms with E-state index in [1.165, 1.54) is 0 Å². The Morgan fingerprint density at radius 3 is 0.571 bits per heavy atom. The summed E-state index contributed by atoms with van der Waals surface area (Å²) in [6, 6.07) is 0. The van der Waals surface area contributed by atoms with Crippen molar-refractivity contribution in [1.29, 1.82) is 0 Å². The van der Waals surface area contributed by atoms with E-state index in [0.29, 0.717) is 0 Å². The quantitative estimate of drug-likeness (QED) is 0.392. The molecule has 7 heteroatoms. The minimum absolute atomic E-state index is 0. The van der Waals surface area contributed by atoms with E-state index < -0.39 is 0 Å². The van der Waals surface area contributed by atoms with Crippen molar-refractivity contribution < 1.29 is 61.0 Å². The zero-order valence-electron chi connectivity index (χ0n) is 5.95. The van der Waals surface area contributed by atoms with Gasteiger partial charge >= 0.3 is 37.7 Å². The van der Waals surface area contributed by atoms with Crippen LogP contribution in [0.2, 0.25) is 0 Å². The maximum atomic E-state index is 0. The molecule has 46 valence electrons. The van der Waals surface area contributed by atoms with Crippen molar-refractivity contribution in [2.24, 2.45) is 0 Å². The van der Waals surface area contributed by atoms with Crippen molar-refractivity contribution in [3.8, 4) is 0 Å². The van der Waals surface area contributed by atoms with Gasteiger partial charge in [0.1, 0.15) is 0 Å². The monoisotopic (exact) mass is 266 g/mol. The molecule has 0 amide bonds. The largest absolute Gasteiger partial charge is 1.00 e. The third kappa shape index (κ3) is 48.8. The van der Waals surface area contributed by atoms with Gasteiger partial charge in [0.15, 0.2) is 0 Å². The summed E-state index contributed by atoms with van der Waals surface area (Å²) in [7, 11) is 0. The average molecular weight is 268 g/mol. The molecule has 0 radical (unpaired) electrons. The van der Waals surface area contributed by atoms with E-state index in [0.717, 1.165) is 0 Å². The summed E-state index contributed by atoms with van der Waals surface area (Å²) >= 11 is 0. The Morgan fingerprint density at radius 1 is 0.571 bits per heavy atom. The summed E-state index contributed by atoms with van der Waals surface area (Å²) in [4.78, 5) is 0. The maximum Gasteiger partial charge on any atom is 1.00 e. The van der Waals surface area contributed by atoms with Gasteiger partial charge in [0.2, 0.25) is 0 Å². The Hall–Kier alpha value is 3.02. The first-order valence-corrected chi connectivity index (χ1v) is 0. The van der Waals surface area contributed by atoms with Gasteiger partial charge in [-0.1, -0.05) is 0 Å². The molecule has 0 heterocycles. The summed E-state index contributed by atoms with van der Waals surface area (Å²) in [5.74, 6) is 0. The minimum Gasteiger partial charge on any atom is -1.00 e. The molecule has 0 bridgehead atoms. The maximum absolute atomic E-state index is 0. The van der Waals surface area contributed by atoms with Gasteiger partial charge in [-0.3, -0.25) is 0 Å². The van der Waals surface area contributed by atoms with Crippen LogP contribution in [0.5, 0.6) is 0 Å². The van der Waals surface area contributed by atoms with Crippen molar-refractivity contribution in [3.63, 3.8) is 0 Å². The fraction of sp³-hybridized carbons (Fsp3) is 0. The predicted octanol–water partition coefficient (Wildman–Crippen LogP) is -4.08. The number of hydrogen-bond donors (Lipinski definition) is 0. The van der Waals surface area contributed by atoms with Gasteiger partial charge in [0.05, 0.1) is 0 Å². The third-order valence-corrected chi connectivity index (χ3v) is 0. The molecular formula is H6Cl4Li2Pd. The third-order valence-electron chi connectivity index (χ3n) is 0. The standard InChI is InChI=1S/4ClH.2Li.Pd.2H/h4*1H;;;;;/q;;;;2*+1;;2*-1. The topological polar surface area (TPSA) is 0 Å². The molecule has 0 aromatic carbocycles. The molecule has 0 aliphatic heterocycles. The van der Waals surface area contributed by atoms with Crippen molar-refractivity contribution in [2.45, 2.75) is 0 Å². The average Bonchev–Trinajstić information content (AvgIpc) is 0. The first kappa shape index (κ1) is 89.5. The van der Waals surface area contributed by atoms with Crippen LogP contribution in [-0.2, 0) is 20.4 Å². The van der Waals surface area contributed by atoms with Gasteiger partial charge in [-0.2, -0.15) is 0 Å². The molecule has 0 aliphatic rings. The van der Waals surface area contributed by atoms with Crippen molar-refractivity contribution in [1.82, 2.24) is 0 Å². The molecule has 0 fully saturated rings. The Labute approximate surface area is 109 Å². The Bertz CT molecular complexity index is 16.5. The number of halogens is 4. The van der Waals surface area contributed by atoms with Gasteiger partial charge in [-0.05, 0) is 0 Å². The van der Waals surface area contributed by atoms with Crippen LogP contribution in [0.25, 0.3) is 0 Å².